The standard InChI is InChI=1S/C21H23N5O2/c27-20(15-17-4-6-19(7-5-17)26-10-2-9-24-26)23-16-18-3-1-8-22-21(18)25-11-13-28-14-12-25/h1-10H,11-16H2,(H,23,27). The molecule has 3 heterocycles. The van der Waals surface area contributed by atoms with Gasteiger partial charge < -0.3 is 15.0 Å². The molecule has 1 saturated heterocycles. The van der Waals surface area contributed by atoms with E-state index >= 15 is 0 Å². The fourth-order valence-corrected chi connectivity index (χ4v) is 3.26. The molecule has 1 aliphatic heterocycles. The van der Waals surface area contributed by atoms with Crippen LogP contribution in [0, 0.1) is 0 Å². The minimum Gasteiger partial charge on any atom is -0.378 e. The lowest BCUT2D eigenvalue weighted by atomic mass is 10.1. The molecular weight excluding hydrogens is 354 g/mol. The van der Waals surface area contributed by atoms with Crippen molar-refractivity contribution in [3.8, 4) is 5.69 Å². The van der Waals surface area contributed by atoms with Gasteiger partial charge in [-0.05, 0) is 29.8 Å². The SMILES string of the molecule is O=C(Cc1ccc(-n2cccn2)cc1)NCc1cccnc1N1CCOCC1. The van der Waals surface area contributed by atoms with Crippen molar-refractivity contribution in [2.75, 3.05) is 31.2 Å². The lowest BCUT2D eigenvalue weighted by molar-refractivity contribution is -0.120. The second kappa shape index (κ2) is 8.67. The van der Waals surface area contributed by atoms with Gasteiger partial charge in [-0.3, -0.25) is 4.79 Å². The summed E-state index contributed by atoms with van der Waals surface area (Å²) in [5, 5.41) is 7.22. The number of benzene rings is 1. The number of amides is 1. The molecule has 1 aromatic carbocycles. The largest absolute Gasteiger partial charge is 0.378 e. The first-order chi connectivity index (χ1) is 13.8. The molecule has 1 aliphatic rings. The number of aromatic nitrogens is 3. The monoisotopic (exact) mass is 377 g/mol. The number of pyridine rings is 1. The molecule has 0 bridgehead atoms. The highest BCUT2D eigenvalue weighted by Crippen LogP contribution is 2.18. The number of morpholine rings is 1. The number of rotatable bonds is 6. The fraction of sp³-hybridized carbons (Fsp3) is 0.286. The summed E-state index contributed by atoms with van der Waals surface area (Å²) in [6.07, 6.45) is 5.76. The molecular formula is C21H23N5O2. The van der Waals surface area contributed by atoms with Crippen LogP contribution in [0.3, 0.4) is 0 Å². The Bertz CT molecular complexity index is 903. The zero-order chi connectivity index (χ0) is 19.2. The zero-order valence-corrected chi connectivity index (χ0v) is 15.6. The lowest BCUT2D eigenvalue weighted by Crippen LogP contribution is -2.38. The van der Waals surface area contributed by atoms with E-state index < -0.39 is 0 Å². The van der Waals surface area contributed by atoms with Crippen molar-refractivity contribution in [2.45, 2.75) is 13.0 Å². The highest BCUT2D eigenvalue weighted by molar-refractivity contribution is 5.78. The van der Waals surface area contributed by atoms with Gasteiger partial charge >= 0.3 is 0 Å². The summed E-state index contributed by atoms with van der Waals surface area (Å²) in [6.45, 7) is 3.51. The average molecular weight is 377 g/mol. The number of carbonyl (C=O) groups excluding carboxylic acids is 1. The Labute approximate surface area is 164 Å². The lowest BCUT2D eigenvalue weighted by Gasteiger charge is -2.29. The summed E-state index contributed by atoms with van der Waals surface area (Å²) in [6, 6.07) is 13.6. The molecule has 28 heavy (non-hydrogen) atoms. The molecule has 0 atom stereocenters. The molecule has 7 nitrogen and oxygen atoms in total. The second-order valence-electron chi connectivity index (χ2n) is 6.66. The summed E-state index contributed by atoms with van der Waals surface area (Å²) in [4.78, 5) is 19.1. The molecule has 144 valence electrons. The summed E-state index contributed by atoms with van der Waals surface area (Å²) in [5.41, 5.74) is 2.96. The van der Waals surface area contributed by atoms with E-state index in [0.717, 1.165) is 35.7 Å². The topological polar surface area (TPSA) is 72.3 Å². The molecule has 0 aliphatic carbocycles. The van der Waals surface area contributed by atoms with Crippen LogP contribution < -0.4 is 10.2 Å². The van der Waals surface area contributed by atoms with Gasteiger partial charge in [-0.2, -0.15) is 5.10 Å². The molecule has 7 heteroatoms. The van der Waals surface area contributed by atoms with E-state index in [1.165, 1.54) is 0 Å². The van der Waals surface area contributed by atoms with Crippen LogP contribution in [0.1, 0.15) is 11.1 Å². The molecule has 4 rings (SSSR count). The van der Waals surface area contributed by atoms with E-state index in [0.29, 0.717) is 26.2 Å². The van der Waals surface area contributed by atoms with Crippen LogP contribution in [-0.2, 0) is 22.5 Å². The number of nitrogens with zero attached hydrogens (tertiary/aromatic N) is 4. The van der Waals surface area contributed by atoms with E-state index in [9.17, 15) is 4.79 Å². The number of anilines is 1. The smallest absolute Gasteiger partial charge is 0.224 e. The van der Waals surface area contributed by atoms with E-state index in [4.69, 9.17) is 4.74 Å². The van der Waals surface area contributed by atoms with Crippen LogP contribution in [0.15, 0.2) is 61.1 Å². The van der Waals surface area contributed by atoms with Crippen molar-refractivity contribution in [3.63, 3.8) is 0 Å². The summed E-state index contributed by atoms with van der Waals surface area (Å²) >= 11 is 0. The van der Waals surface area contributed by atoms with Gasteiger partial charge in [0.05, 0.1) is 25.3 Å². The third-order valence-corrected chi connectivity index (χ3v) is 4.72. The predicted molar refractivity (Wildman–Crippen MR) is 106 cm³/mol. The Morgan fingerprint density at radius 1 is 1.07 bits per heavy atom. The van der Waals surface area contributed by atoms with Crippen molar-refractivity contribution in [1.82, 2.24) is 20.1 Å². The third kappa shape index (κ3) is 4.37. The van der Waals surface area contributed by atoms with Gasteiger partial charge in [0.2, 0.25) is 5.91 Å². The first kappa shape index (κ1) is 18.2. The second-order valence-corrected chi connectivity index (χ2v) is 6.66. The predicted octanol–water partition coefficient (Wildman–Crippen LogP) is 1.96. The normalized spacial score (nSPS) is 14.1. The number of hydrogen-bond donors (Lipinski definition) is 1. The maximum atomic E-state index is 12.4. The van der Waals surface area contributed by atoms with Crippen molar-refractivity contribution in [2.24, 2.45) is 0 Å². The van der Waals surface area contributed by atoms with Crippen molar-refractivity contribution < 1.29 is 9.53 Å². The van der Waals surface area contributed by atoms with Crippen LogP contribution in [0.25, 0.3) is 5.69 Å². The Morgan fingerprint density at radius 3 is 2.64 bits per heavy atom. The molecule has 1 amide bonds. The Morgan fingerprint density at radius 2 is 1.89 bits per heavy atom. The summed E-state index contributed by atoms with van der Waals surface area (Å²) in [5.74, 6) is 0.915. The number of hydrogen-bond acceptors (Lipinski definition) is 5. The van der Waals surface area contributed by atoms with E-state index in [1.807, 2.05) is 48.7 Å². The highest BCUT2D eigenvalue weighted by Gasteiger charge is 2.16. The van der Waals surface area contributed by atoms with E-state index in [1.54, 1.807) is 17.1 Å². The molecule has 0 unspecified atom stereocenters. The molecule has 1 N–H and O–H groups in total. The zero-order valence-electron chi connectivity index (χ0n) is 15.6. The quantitative estimate of drug-likeness (QED) is 0.711. The van der Waals surface area contributed by atoms with Gasteiger partial charge in [0, 0.05) is 43.8 Å². The van der Waals surface area contributed by atoms with Gasteiger partial charge in [0.1, 0.15) is 5.82 Å². The van der Waals surface area contributed by atoms with Gasteiger partial charge in [0.25, 0.3) is 0 Å². The average Bonchev–Trinajstić information content (AvgIpc) is 3.29. The molecule has 2 aromatic heterocycles. The maximum Gasteiger partial charge on any atom is 0.224 e. The van der Waals surface area contributed by atoms with Gasteiger partial charge in [-0.1, -0.05) is 18.2 Å². The van der Waals surface area contributed by atoms with Gasteiger partial charge in [0.15, 0.2) is 0 Å². The third-order valence-electron chi connectivity index (χ3n) is 4.72. The van der Waals surface area contributed by atoms with Crippen LogP contribution in [0.5, 0.6) is 0 Å². The molecule has 3 aromatic rings. The van der Waals surface area contributed by atoms with Crippen molar-refractivity contribution in [3.05, 3.63) is 72.2 Å². The number of nitrogens with one attached hydrogen (secondary N) is 1. The minimum absolute atomic E-state index is 0.0105. The fourth-order valence-electron chi connectivity index (χ4n) is 3.26. The molecule has 0 saturated carbocycles. The highest BCUT2D eigenvalue weighted by atomic mass is 16.5. The molecule has 0 radical (unpaired) electrons. The summed E-state index contributed by atoms with van der Waals surface area (Å²) in [7, 11) is 0. The Hall–Kier alpha value is -3.19. The Kier molecular flexibility index (Phi) is 5.63. The number of carbonyl (C=O) groups is 1. The maximum absolute atomic E-state index is 12.4. The van der Waals surface area contributed by atoms with Crippen LogP contribution in [-0.4, -0.2) is 47.0 Å². The van der Waals surface area contributed by atoms with Crippen molar-refractivity contribution >= 4 is 11.7 Å². The van der Waals surface area contributed by atoms with Gasteiger partial charge in [-0.15, -0.1) is 0 Å². The molecule has 1 fully saturated rings. The van der Waals surface area contributed by atoms with Crippen LogP contribution in [0.2, 0.25) is 0 Å². The van der Waals surface area contributed by atoms with Gasteiger partial charge in [-0.25, -0.2) is 9.67 Å². The first-order valence-corrected chi connectivity index (χ1v) is 9.42. The van der Waals surface area contributed by atoms with E-state index in [-0.39, 0.29) is 5.91 Å². The van der Waals surface area contributed by atoms with Crippen LogP contribution in [0.4, 0.5) is 5.82 Å². The van der Waals surface area contributed by atoms with E-state index in [2.05, 4.69) is 20.3 Å². The van der Waals surface area contributed by atoms with Crippen molar-refractivity contribution in [1.29, 1.82) is 0 Å². The summed E-state index contributed by atoms with van der Waals surface area (Å²) < 4.78 is 7.20. The Balaban J connectivity index is 1.35. The first-order valence-electron chi connectivity index (χ1n) is 9.42. The van der Waals surface area contributed by atoms with Crippen LogP contribution >= 0.6 is 0 Å². The minimum atomic E-state index is -0.0105. The molecule has 0 spiro atoms. The number of ether oxygens (including phenoxy) is 1.